The highest BCUT2D eigenvalue weighted by atomic mass is 31.2. The van der Waals surface area contributed by atoms with Crippen LogP contribution < -0.4 is 0 Å². The molecule has 0 aliphatic heterocycles. The lowest BCUT2D eigenvalue weighted by Crippen LogP contribution is -2.35. The molecule has 0 unspecified atom stereocenters. The van der Waals surface area contributed by atoms with Gasteiger partial charge in [0, 0.05) is 7.05 Å². The summed E-state index contributed by atoms with van der Waals surface area (Å²) in [7, 11) is 8.70. The van der Waals surface area contributed by atoms with E-state index in [1.54, 1.807) is 11.7 Å². The molecule has 0 aliphatic rings. The van der Waals surface area contributed by atoms with Gasteiger partial charge in [0.05, 0.1) is 12.4 Å². The number of carbonyl (C=O) groups is 1. The maximum atomic E-state index is 12.0. The molecular formula is C8H17N6OP. The maximum Gasteiger partial charge on any atom is 0.351 e. The van der Waals surface area contributed by atoms with E-state index in [9.17, 15) is 4.79 Å². The topological polar surface area (TPSA) is 57.5 Å². The second-order valence-corrected chi connectivity index (χ2v) is 6.35. The van der Waals surface area contributed by atoms with Crippen LogP contribution in [0.25, 0.3) is 0 Å². The molecule has 90 valence electrons. The Kier molecular flexibility index (Phi) is 4.35. The Morgan fingerprint density at radius 1 is 1.19 bits per heavy atom. The summed E-state index contributed by atoms with van der Waals surface area (Å²) < 4.78 is 6.89. The average molecular weight is 244 g/mol. The molecule has 8 heteroatoms. The molecule has 1 amide bonds. The van der Waals surface area contributed by atoms with E-state index in [-0.39, 0.29) is 6.03 Å². The summed E-state index contributed by atoms with van der Waals surface area (Å²) >= 11 is 0. The number of hydrogen-bond donors (Lipinski definition) is 0. The minimum atomic E-state index is -0.822. The van der Waals surface area contributed by atoms with Crippen LogP contribution in [0.2, 0.25) is 0 Å². The molecule has 1 aromatic rings. The van der Waals surface area contributed by atoms with Gasteiger partial charge in [0.25, 0.3) is 0 Å². The maximum absolute atomic E-state index is 12.0. The summed E-state index contributed by atoms with van der Waals surface area (Å²) in [5.41, 5.74) is 0. The fourth-order valence-electron chi connectivity index (χ4n) is 1.43. The van der Waals surface area contributed by atoms with Crippen molar-refractivity contribution in [3.63, 3.8) is 0 Å². The first kappa shape index (κ1) is 13.0. The molecule has 0 spiro atoms. The van der Waals surface area contributed by atoms with Gasteiger partial charge in [-0.3, -0.25) is 14.0 Å². The third-order valence-corrected chi connectivity index (χ3v) is 4.02. The summed E-state index contributed by atoms with van der Waals surface area (Å²) in [6.45, 7) is 0. The van der Waals surface area contributed by atoms with Crippen molar-refractivity contribution in [2.75, 3.05) is 35.2 Å². The van der Waals surface area contributed by atoms with Crippen LogP contribution in [-0.4, -0.2) is 70.3 Å². The zero-order valence-corrected chi connectivity index (χ0v) is 11.1. The third kappa shape index (κ3) is 2.75. The number of aromatic nitrogens is 3. The van der Waals surface area contributed by atoms with Gasteiger partial charge in [-0.2, -0.15) is 4.68 Å². The van der Waals surface area contributed by atoms with Crippen LogP contribution in [0.4, 0.5) is 4.79 Å². The van der Waals surface area contributed by atoms with Gasteiger partial charge < -0.3 is 0 Å². The van der Waals surface area contributed by atoms with E-state index in [1.165, 1.54) is 17.1 Å². The highest BCUT2D eigenvalue weighted by Crippen LogP contribution is 2.42. The monoisotopic (exact) mass is 244 g/mol. The van der Waals surface area contributed by atoms with Crippen molar-refractivity contribution in [2.45, 2.75) is 0 Å². The van der Waals surface area contributed by atoms with Gasteiger partial charge >= 0.3 is 6.03 Å². The Balaban J connectivity index is 2.83. The molecule has 0 radical (unpaired) electrons. The second-order valence-electron chi connectivity index (χ2n) is 3.62. The van der Waals surface area contributed by atoms with E-state index >= 15 is 0 Å². The fourth-order valence-corrected chi connectivity index (χ4v) is 3.46. The highest BCUT2D eigenvalue weighted by molar-refractivity contribution is 7.50. The highest BCUT2D eigenvalue weighted by Gasteiger charge is 2.25. The lowest BCUT2D eigenvalue weighted by molar-refractivity contribution is 0.225. The molecule has 0 atom stereocenters. The molecular weight excluding hydrogens is 227 g/mol. The Hall–Kier alpha value is -1.04. The summed E-state index contributed by atoms with van der Waals surface area (Å²) in [5, 5.41) is 7.31. The lowest BCUT2D eigenvalue weighted by atomic mass is 10.9. The predicted molar refractivity (Wildman–Crippen MR) is 62.9 cm³/mol. The van der Waals surface area contributed by atoms with Crippen molar-refractivity contribution < 1.29 is 4.79 Å². The van der Waals surface area contributed by atoms with Crippen LogP contribution >= 0.6 is 8.37 Å². The van der Waals surface area contributed by atoms with Gasteiger partial charge in [0.15, 0.2) is 8.37 Å². The second kappa shape index (κ2) is 5.34. The van der Waals surface area contributed by atoms with E-state index < -0.39 is 8.37 Å². The van der Waals surface area contributed by atoms with Crippen molar-refractivity contribution >= 4 is 14.4 Å². The van der Waals surface area contributed by atoms with Crippen molar-refractivity contribution in [3.8, 4) is 0 Å². The molecule has 1 heterocycles. The summed E-state index contributed by atoms with van der Waals surface area (Å²) in [4.78, 5) is 12.0. The largest absolute Gasteiger partial charge is 0.351 e. The predicted octanol–water partition coefficient (Wildman–Crippen LogP) is 0.528. The quantitative estimate of drug-likeness (QED) is 0.726. The van der Waals surface area contributed by atoms with Crippen LogP contribution in [0, 0.1) is 0 Å². The van der Waals surface area contributed by atoms with Crippen molar-refractivity contribution in [1.29, 1.82) is 0 Å². The minimum absolute atomic E-state index is 0.189. The lowest BCUT2D eigenvalue weighted by Gasteiger charge is -2.35. The molecule has 0 N–H and O–H groups in total. The van der Waals surface area contributed by atoms with Gasteiger partial charge in [0.1, 0.15) is 0 Å². The number of nitrogens with zero attached hydrogens (tertiary/aromatic N) is 6. The molecule has 0 fully saturated rings. The molecule has 1 aromatic heterocycles. The normalized spacial score (nSPS) is 11.5. The van der Waals surface area contributed by atoms with Gasteiger partial charge in [0.2, 0.25) is 0 Å². The molecule has 0 saturated heterocycles. The summed E-state index contributed by atoms with van der Waals surface area (Å²) in [6, 6.07) is -0.189. The third-order valence-electron chi connectivity index (χ3n) is 1.88. The zero-order valence-electron chi connectivity index (χ0n) is 10.2. The van der Waals surface area contributed by atoms with Crippen molar-refractivity contribution in [3.05, 3.63) is 12.4 Å². The van der Waals surface area contributed by atoms with Gasteiger partial charge in [-0.25, -0.2) is 4.79 Å². The van der Waals surface area contributed by atoms with Crippen LogP contribution in [-0.2, 0) is 0 Å². The van der Waals surface area contributed by atoms with E-state index in [0.717, 1.165) is 0 Å². The van der Waals surface area contributed by atoms with E-state index in [2.05, 4.69) is 10.3 Å². The molecule has 0 aromatic carbocycles. The number of amides is 1. The van der Waals surface area contributed by atoms with Crippen LogP contribution in [0.3, 0.4) is 0 Å². The van der Waals surface area contributed by atoms with Crippen molar-refractivity contribution in [1.82, 2.24) is 29.0 Å². The first-order valence-corrected chi connectivity index (χ1v) is 5.94. The average Bonchev–Trinajstić information content (AvgIpc) is 2.67. The van der Waals surface area contributed by atoms with Crippen LogP contribution in [0.5, 0.6) is 0 Å². The summed E-state index contributed by atoms with van der Waals surface area (Å²) in [5.74, 6) is 0. The number of hydrogen-bond acceptors (Lipinski definition) is 5. The number of rotatable bonds is 3. The fraction of sp³-hybridized carbons (Fsp3) is 0.625. The first-order valence-electron chi connectivity index (χ1n) is 4.74. The van der Waals surface area contributed by atoms with Crippen molar-refractivity contribution in [2.24, 2.45) is 0 Å². The van der Waals surface area contributed by atoms with E-state index in [1.807, 2.05) is 37.5 Å². The molecule has 7 nitrogen and oxygen atoms in total. The zero-order chi connectivity index (χ0) is 12.3. The molecule has 0 bridgehead atoms. The number of carbonyl (C=O) groups excluding carboxylic acids is 1. The van der Waals surface area contributed by atoms with Gasteiger partial charge in [-0.15, -0.1) is 5.10 Å². The Bertz CT molecular complexity index is 330. The minimum Gasteiger partial charge on any atom is -0.279 e. The van der Waals surface area contributed by atoms with Gasteiger partial charge in [-0.1, -0.05) is 5.21 Å². The molecule has 0 saturated carbocycles. The first-order chi connectivity index (χ1) is 7.45. The van der Waals surface area contributed by atoms with E-state index in [4.69, 9.17) is 0 Å². The molecule has 16 heavy (non-hydrogen) atoms. The summed E-state index contributed by atoms with van der Waals surface area (Å²) in [6.07, 6.45) is 3.02. The van der Waals surface area contributed by atoms with Gasteiger partial charge in [-0.05, 0) is 28.2 Å². The Morgan fingerprint density at radius 3 is 2.12 bits per heavy atom. The van der Waals surface area contributed by atoms with Crippen LogP contribution in [0.15, 0.2) is 12.4 Å². The van der Waals surface area contributed by atoms with E-state index in [0.29, 0.717) is 0 Å². The Labute approximate surface area is 96.5 Å². The molecule has 1 rings (SSSR count). The van der Waals surface area contributed by atoms with Crippen LogP contribution in [0.1, 0.15) is 0 Å². The Morgan fingerprint density at radius 2 is 1.75 bits per heavy atom. The standard InChI is InChI=1S/C8H17N6OP/c1-11(2)16(12(3)4)13(5)8(15)14-7-6-9-10-14/h6-7H,1-5H3. The molecule has 0 aliphatic carbocycles. The SMILES string of the molecule is CN(C)P(N(C)C)N(C)C(=O)n1ccnn1. The smallest absolute Gasteiger partial charge is 0.279 e.